The lowest BCUT2D eigenvalue weighted by Gasteiger charge is -2.40. The van der Waals surface area contributed by atoms with E-state index in [0.29, 0.717) is 48.8 Å². The van der Waals surface area contributed by atoms with Gasteiger partial charge in [0.1, 0.15) is 23.8 Å². The van der Waals surface area contributed by atoms with Crippen LogP contribution in [0, 0.1) is 11.6 Å². The molecular formula is C30H29ClF2N8O4. The Morgan fingerprint density at radius 3 is 2.60 bits per heavy atom. The molecule has 3 aliphatic rings. The van der Waals surface area contributed by atoms with Crippen LogP contribution < -0.4 is 21.5 Å². The van der Waals surface area contributed by atoms with Crippen molar-refractivity contribution >= 4 is 46.0 Å². The molecule has 0 spiro atoms. The van der Waals surface area contributed by atoms with Gasteiger partial charge in [0.25, 0.3) is 11.5 Å². The van der Waals surface area contributed by atoms with E-state index in [1.165, 1.54) is 21.5 Å². The summed E-state index contributed by atoms with van der Waals surface area (Å²) in [5.41, 5.74) is 3.98. The number of nitrogens with zero attached hydrogens (tertiary/aromatic N) is 6. The van der Waals surface area contributed by atoms with Gasteiger partial charge < -0.3 is 30.5 Å². The number of aromatic hydroxyl groups is 1. The van der Waals surface area contributed by atoms with Crippen LogP contribution in [0.1, 0.15) is 35.4 Å². The Kier molecular flexibility index (Phi) is 7.00. The number of likely N-dealkylation sites (tertiary alicyclic amines) is 1. The number of pyridine rings is 1. The van der Waals surface area contributed by atoms with E-state index in [1.54, 1.807) is 6.07 Å². The number of nitrogens with one attached hydrogen (secondary N) is 1. The number of halogens is 3. The molecule has 4 aromatic rings. The Labute approximate surface area is 260 Å². The number of carbonyl (C=O) groups is 2. The first-order valence-corrected chi connectivity index (χ1v) is 15.0. The quantitative estimate of drug-likeness (QED) is 0.292. The summed E-state index contributed by atoms with van der Waals surface area (Å²) in [5.74, 6) is -4.91. The number of amides is 2. The second kappa shape index (κ2) is 10.8. The van der Waals surface area contributed by atoms with Gasteiger partial charge in [0.05, 0.1) is 27.9 Å². The van der Waals surface area contributed by atoms with Gasteiger partial charge in [0, 0.05) is 61.5 Å². The highest BCUT2D eigenvalue weighted by Gasteiger charge is 2.39. The van der Waals surface area contributed by atoms with Crippen LogP contribution in [0.2, 0.25) is 5.02 Å². The molecule has 0 aliphatic carbocycles. The summed E-state index contributed by atoms with van der Waals surface area (Å²) in [4.78, 5) is 52.7. The zero-order valence-electron chi connectivity index (χ0n) is 24.2. The normalized spacial score (nSPS) is 19.3. The highest BCUT2D eigenvalue weighted by Crippen LogP contribution is 2.38. The SMILES string of the molecule is CN1CC2CCC(C1)N2c1cc(NC(=O)Cn2cc(-c3cc(C(N)=O)c(O)c(F)c3F)c3c(=O)n4c(nc32)CCC4)c(Cl)cn1. The van der Waals surface area contributed by atoms with Gasteiger partial charge in [0.15, 0.2) is 11.6 Å². The van der Waals surface area contributed by atoms with Crippen LogP contribution in [-0.2, 0) is 24.3 Å². The van der Waals surface area contributed by atoms with Crippen LogP contribution in [0.15, 0.2) is 29.3 Å². The van der Waals surface area contributed by atoms with Crippen molar-refractivity contribution in [1.82, 2.24) is 24.0 Å². The zero-order chi connectivity index (χ0) is 31.7. The molecule has 2 atom stereocenters. The molecular weight excluding hydrogens is 610 g/mol. The Hall–Kier alpha value is -4.56. The predicted molar refractivity (Wildman–Crippen MR) is 163 cm³/mol. The third-order valence-corrected chi connectivity index (χ3v) is 9.23. The van der Waals surface area contributed by atoms with Crippen molar-refractivity contribution in [2.75, 3.05) is 30.4 Å². The number of benzene rings is 1. The number of aryl methyl sites for hydroxylation is 1. The lowest BCUT2D eigenvalue weighted by Crippen LogP contribution is -2.52. The number of anilines is 2. The van der Waals surface area contributed by atoms with E-state index >= 15 is 4.39 Å². The van der Waals surface area contributed by atoms with Gasteiger partial charge in [-0.3, -0.25) is 19.0 Å². The van der Waals surface area contributed by atoms with Crippen LogP contribution in [0.4, 0.5) is 20.3 Å². The number of phenols is 1. The predicted octanol–water partition coefficient (Wildman–Crippen LogP) is 2.86. The summed E-state index contributed by atoms with van der Waals surface area (Å²) in [7, 11) is 2.10. The molecule has 2 saturated heterocycles. The maximum Gasteiger partial charge on any atom is 0.263 e. The Balaban J connectivity index is 1.26. The number of aromatic nitrogens is 4. The third kappa shape index (κ3) is 4.79. The molecule has 0 saturated carbocycles. The first-order valence-electron chi connectivity index (χ1n) is 14.6. The summed E-state index contributed by atoms with van der Waals surface area (Å²) in [6, 6.07) is 3.25. The molecule has 3 aliphatic heterocycles. The first kappa shape index (κ1) is 29.2. The molecule has 45 heavy (non-hydrogen) atoms. The van der Waals surface area contributed by atoms with Crippen molar-refractivity contribution in [3.8, 4) is 16.9 Å². The Bertz CT molecular complexity index is 1960. The number of rotatable bonds is 6. The van der Waals surface area contributed by atoms with Gasteiger partial charge in [-0.25, -0.2) is 14.4 Å². The van der Waals surface area contributed by atoms with Crippen LogP contribution in [0.25, 0.3) is 22.2 Å². The zero-order valence-corrected chi connectivity index (χ0v) is 24.9. The van der Waals surface area contributed by atoms with Crippen molar-refractivity contribution in [3.05, 3.63) is 62.9 Å². The Morgan fingerprint density at radius 2 is 1.89 bits per heavy atom. The number of hydrogen-bond donors (Lipinski definition) is 3. The number of fused-ring (bicyclic) bond motifs is 4. The van der Waals surface area contributed by atoms with Crippen molar-refractivity contribution in [2.45, 2.75) is 50.9 Å². The topological polar surface area (TPSA) is 152 Å². The van der Waals surface area contributed by atoms with E-state index < -0.39 is 45.9 Å². The van der Waals surface area contributed by atoms with Crippen LogP contribution in [-0.4, -0.2) is 73.1 Å². The Morgan fingerprint density at radius 1 is 1.16 bits per heavy atom. The smallest absolute Gasteiger partial charge is 0.263 e. The van der Waals surface area contributed by atoms with E-state index in [1.807, 2.05) is 0 Å². The summed E-state index contributed by atoms with van der Waals surface area (Å²) in [6.07, 6.45) is 6.08. The maximum atomic E-state index is 15.3. The fraction of sp³-hybridized carbons (Fsp3) is 0.367. The van der Waals surface area contributed by atoms with Crippen molar-refractivity contribution in [1.29, 1.82) is 0 Å². The molecule has 0 radical (unpaired) electrons. The first-order chi connectivity index (χ1) is 21.5. The second-order valence-corrected chi connectivity index (χ2v) is 12.3. The van der Waals surface area contributed by atoms with Crippen LogP contribution in [0.3, 0.4) is 0 Å². The minimum absolute atomic E-state index is 0.0670. The number of nitrogens with two attached hydrogens (primary N) is 1. The number of likely N-dealkylation sites (N-methyl/N-ethyl adjacent to an activating group) is 1. The van der Waals surface area contributed by atoms with Gasteiger partial charge in [-0.2, -0.15) is 4.39 Å². The standard InChI is InChI=1S/C30H29ClF2N8O4/c1-38-10-14-4-5-15(11-38)41(14)22-8-20(19(31)9-35-22)36-23(42)13-39-12-18(16-7-17(28(34)44)27(43)26(33)25(16)32)24-29(39)37-21-3-2-6-40(21)30(24)45/h7-9,12,14-15,43H,2-6,10-11,13H2,1H3,(H2,34,44)(H,35,36,42). The highest BCUT2D eigenvalue weighted by molar-refractivity contribution is 6.33. The van der Waals surface area contributed by atoms with Gasteiger partial charge in [-0.05, 0) is 32.4 Å². The molecule has 6 heterocycles. The van der Waals surface area contributed by atoms with Crippen molar-refractivity contribution in [3.63, 3.8) is 0 Å². The molecule has 2 fully saturated rings. The van der Waals surface area contributed by atoms with Crippen molar-refractivity contribution < 1.29 is 23.5 Å². The van der Waals surface area contributed by atoms with Gasteiger partial charge in [-0.1, -0.05) is 11.6 Å². The molecule has 3 aromatic heterocycles. The minimum atomic E-state index is -1.69. The number of hydrogen-bond acceptors (Lipinski definition) is 8. The van der Waals surface area contributed by atoms with Crippen LogP contribution in [0.5, 0.6) is 5.75 Å². The monoisotopic (exact) mass is 638 g/mol. The average Bonchev–Trinajstić information content (AvgIpc) is 3.68. The van der Waals surface area contributed by atoms with Gasteiger partial charge in [0.2, 0.25) is 11.7 Å². The molecule has 2 amide bonds. The summed E-state index contributed by atoms with van der Waals surface area (Å²) >= 11 is 6.44. The number of primary amides is 1. The molecule has 1 aromatic carbocycles. The molecule has 2 bridgehead atoms. The van der Waals surface area contributed by atoms with E-state index in [-0.39, 0.29) is 28.2 Å². The molecule has 15 heteroatoms. The lowest BCUT2D eigenvalue weighted by molar-refractivity contribution is -0.116. The van der Waals surface area contributed by atoms with Crippen LogP contribution >= 0.6 is 11.6 Å². The fourth-order valence-corrected chi connectivity index (χ4v) is 7.10. The summed E-state index contributed by atoms with van der Waals surface area (Å²) < 4.78 is 32.8. The molecule has 234 valence electrons. The molecule has 7 rings (SSSR count). The largest absolute Gasteiger partial charge is 0.504 e. The molecule has 2 unspecified atom stereocenters. The number of piperazine rings is 1. The van der Waals surface area contributed by atoms with E-state index in [0.717, 1.165) is 32.0 Å². The van der Waals surface area contributed by atoms with Crippen molar-refractivity contribution in [2.24, 2.45) is 5.73 Å². The van der Waals surface area contributed by atoms with Gasteiger partial charge in [-0.15, -0.1) is 0 Å². The number of carbonyl (C=O) groups excluding carboxylic acids is 2. The van der Waals surface area contributed by atoms with E-state index in [9.17, 15) is 23.9 Å². The average molecular weight is 639 g/mol. The van der Waals surface area contributed by atoms with E-state index in [2.05, 4.69) is 32.1 Å². The maximum absolute atomic E-state index is 15.3. The molecule has 4 N–H and O–H groups in total. The fourth-order valence-electron chi connectivity index (χ4n) is 6.95. The molecule has 12 nitrogen and oxygen atoms in total. The minimum Gasteiger partial charge on any atom is -0.504 e. The summed E-state index contributed by atoms with van der Waals surface area (Å²) in [5, 5.41) is 13.0. The second-order valence-electron chi connectivity index (χ2n) is 11.9. The highest BCUT2D eigenvalue weighted by atomic mass is 35.5. The summed E-state index contributed by atoms with van der Waals surface area (Å²) in [6.45, 7) is 1.85. The lowest BCUT2D eigenvalue weighted by atomic mass is 10.0. The van der Waals surface area contributed by atoms with E-state index in [4.69, 9.17) is 17.3 Å². The van der Waals surface area contributed by atoms with Gasteiger partial charge >= 0.3 is 0 Å². The third-order valence-electron chi connectivity index (χ3n) is 8.93.